The molecule has 5 nitrogen and oxygen atoms in total. The summed E-state index contributed by atoms with van der Waals surface area (Å²) in [4.78, 5) is 23.2. The summed E-state index contributed by atoms with van der Waals surface area (Å²) >= 11 is 0. The number of anilines is 2. The molecular weight excluding hydrogens is 292 g/mol. The normalized spacial score (nSPS) is 10.2. The molecule has 0 aliphatic carbocycles. The molecule has 2 rings (SSSR count). The minimum Gasteiger partial charge on any atom is -0.482 e. The molecule has 0 saturated carbocycles. The zero-order valence-electron chi connectivity index (χ0n) is 13.5. The molecule has 0 heterocycles. The Morgan fingerprint density at radius 3 is 2.30 bits per heavy atom. The lowest BCUT2D eigenvalue weighted by Gasteiger charge is -2.11. The molecule has 0 aliphatic rings. The van der Waals surface area contributed by atoms with Gasteiger partial charge in [0.2, 0.25) is 0 Å². The van der Waals surface area contributed by atoms with E-state index in [4.69, 9.17) is 10.5 Å². The van der Waals surface area contributed by atoms with Crippen LogP contribution in [0, 0.1) is 13.8 Å². The van der Waals surface area contributed by atoms with Gasteiger partial charge in [0.25, 0.3) is 5.91 Å². The topological polar surface area (TPSA) is 81.4 Å². The monoisotopic (exact) mass is 312 g/mol. The first kappa shape index (κ1) is 16.5. The van der Waals surface area contributed by atoms with Crippen molar-refractivity contribution in [1.82, 2.24) is 0 Å². The van der Waals surface area contributed by atoms with Crippen LogP contribution in [0.15, 0.2) is 36.4 Å². The highest BCUT2D eigenvalue weighted by Crippen LogP contribution is 2.23. The summed E-state index contributed by atoms with van der Waals surface area (Å²) in [5.41, 5.74) is 9.55. The van der Waals surface area contributed by atoms with Crippen LogP contribution in [0.5, 0.6) is 5.75 Å². The van der Waals surface area contributed by atoms with Gasteiger partial charge in [-0.15, -0.1) is 0 Å². The number of hydrogen-bond acceptors (Lipinski definition) is 4. The van der Waals surface area contributed by atoms with E-state index in [1.165, 1.54) is 6.92 Å². The van der Waals surface area contributed by atoms with E-state index in [0.29, 0.717) is 17.0 Å². The van der Waals surface area contributed by atoms with Gasteiger partial charge >= 0.3 is 0 Å². The van der Waals surface area contributed by atoms with E-state index in [0.717, 1.165) is 16.8 Å². The standard InChI is InChI=1S/C18H20N2O3/c1-11-6-12(2)8-15(7-11)20-18(22)10-23-17-5-4-14(13(3)21)9-16(17)19/h4-9H,10,19H2,1-3H3,(H,20,22). The van der Waals surface area contributed by atoms with E-state index in [1.54, 1.807) is 18.2 Å². The number of aryl methyl sites for hydroxylation is 2. The maximum absolute atomic E-state index is 12.0. The molecule has 0 spiro atoms. The van der Waals surface area contributed by atoms with E-state index in [-0.39, 0.29) is 18.3 Å². The number of benzene rings is 2. The molecule has 5 heteroatoms. The van der Waals surface area contributed by atoms with Crippen LogP contribution in [0.3, 0.4) is 0 Å². The summed E-state index contributed by atoms with van der Waals surface area (Å²) in [6.45, 7) is 5.25. The Kier molecular flexibility index (Phi) is 5.01. The second kappa shape index (κ2) is 6.96. The third-order valence-electron chi connectivity index (χ3n) is 3.28. The SMILES string of the molecule is CC(=O)c1ccc(OCC(=O)Nc2cc(C)cc(C)c2)c(N)c1. The van der Waals surface area contributed by atoms with Crippen LogP contribution in [0.1, 0.15) is 28.4 Å². The number of nitrogen functional groups attached to an aromatic ring is 1. The molecule has 0 radical (unpaired) electrons. The molecule has 1 amide bonds. The second-order valence-corrected chi connectivity index (χ2v) is 5.52. The van der Waals surface area contributed by atoms with Gasteiger partial charge in [0.15, 0.2) is 12.4 Å². The number of ketones is 1. The highest BCUT2D eigenvalue weighted by atomic mass is 16.5. The van der Waals surface area contributed by atoms with Crippen molar-refractivity contribution in [3.8, 4) is 5.75 Å². The molecule has 0 aromatic heterocycles. The Morgan fingerprint density at radius 1 is 1.09 bits per heavy atom. The fourth-order valence-electron chi connectivity index (χ4n) is 2.29. The number of amides is 1. The smallest absolute Gasteiger partial charge is 0.262 e. The van der Waals surface area contributed by atoms with Crippen molar-refractivity contribution in [3.05, 3.63) is 53.1 Å². The summed E-state index contributed by atoms with van der Waals surface area (Å²) in [7, 11) is 0. The predicted octanol–water partition coefficient (Wildman–Crippen LogP) is 3.11. The fraction of sp³-hybridized carbons (Fsp3) is 0.222. The lowest BCUT2D eigenvalue weighted by Crippen LogP contribution is -2.20. The molecule has 0 fully saturated rings. The number of rotatable bonds is 5. The molecule has 23 heavy (non-hydrogen) atoms. The quantitative estimate of drug-likeness (QED) is 0.656. The Labute approximate surface area is 135 Å². The average molecular weight is 312 g/mol. The van der Waals surface area contributed by atoms with Gasteiger partial charge < -0.3 is 15.8 Å². The Bertz CT molecular complexity index is 734. The van der Waals surface area contributed by atoms with Gasteiger partial charge in [-0.1, -0.05) is 6.07 Å². The van der Waals surface area contributed by atoms with E-state index in [1.807, 2.05) is 32.0 Å². The first-order chi connectivity index (χ1) is 10.8. The minimum atomic E-state index is -0.273. The van der Waals surface area contributed by atoms with Crippen molar-refractivity contribution in [2.75, 3.05) is 17.7 Å². The first-order valence-corrected chi connectivity index (χ1v) is 7.26. The third kappa shape index (κ3) is 4.57. The zero-order chi connectivity index (χ0) is 17.0. The highest BCUT2D eigenvalue weighted by Gasteiger charge is 2.08. The summed E-state index contributed by atoms with van der Waals surface area (Å²) in [6, 6.07) is 10.6. The number of nitrogens with two attached hydrogens (primary N) is 1. The average Bonchev–Trinajstić information content (AvgIpc) is 2.44. The van der Waals surface area contributed by atoms with E-state index in [2.05, 4.69) is 5.32 Å². The van der Waals surface area contributed by atoms with Crippen LogP contribution in [-0.2, 0) is 4.79 Å². The van der Waals surface area contributed by atoms with Crippen LogP contribution >= 0.6 is 0 Å². The van der Waals surface area contributed by atoms with E-state index in [9.17, 15) is 9.59 Å². The van der Waals surface area contributed by atoms with Crippen molar-refractivity contribution < 1.29 is 14.3 Å². The number of carbonyl (C=O) groups is 2. The van der Waals surface area contributed by atoms with Crippen LogP contribution in [-0.4, -0.2) is 18.3 Å². The van der Waals surface area contributed by atoms with Crippen molar-refractivity contribution in [2.45, 2.75) is 20.8 Å². The number of ether oxygens (including phenoxy) is 1. The molecule has 0 atom stereocenters. The molecule has 2 aromatic carbocycles. The molecule has 3 N–H and O–H groups in total. The summed E-state index contributed by atoms with van der Waals surface area (Å²) < 4.78 is 5.42. The molecule has 0 saturated heterocycles. The van der Waals surface area contributed by atoms with Crippen molar-refractivity contribution in [2.24, 2.45) is 0 Å². The predicted molar refractivity (Wildman–Crippen MR) is 90.9 cm³/mol. The van der Waals surface area contributed by atoms with Crippen molar-refractivity contribution in [3.63, 3.8) is 0 Å². The van der Waals surface area contributed by atoms with Crippen LogP contribution in [0.2, 0.25) is 0 Å². The minimum absolute atomic E-state index is 0.0733. The van der Waals surface area contributed by atoms with Gasteiger partial charge in [-0.2, -0.15) is 0 Å². The van der Waals surface area contributed by atoms with Gasteiger partial charge in [-0.25, -0.2) is 0 Å². The van der Waals surface area contributed by atoms with Gasteiger partial charge in [-0.05, 0) is 62.2 Å². The number of nitrogens with one attached hydrogen (secondary N) is 1. The highest BCUT2D eigenvalue weighted by molar-refractivity contribution is 5.95. The zero-order valence-corrected chi connectivity index (χ0v) is 13.5. The number of hydrogen-bond donors (Lipinski definition) is 2. The van der Waals surface area contributed by atoms with Gasteiger partial charge in [0.05, 0.1) is 5.69 Å². The van der Waals surface area contributed by atoms with Gasteiger partial charge in [0.1, 0.15) is 5.75 Å². The fourth-order valence-corrected chi connectivity index (χ4v) is 2.29. The first-order valence-electron chi connectivity index (χ1n) is 7.26. The summed E-state index contributed by atoms with van der Waals surface area (Å²) in [5.74, 6) is 0.0337. The number of Topliss-reactive ketones (excluding diaryl/α,β-unsaturated/α-hetero) is 1. The van der Waals surface area contributed by atoms with Crippen LogP contribution in [0.25, 0.3) is 0 Å². The molecule has 0 bridgehead atoms. The van der Waals surface area contributed by atoms with Crippen LogP contribution in [0.4, 0.5) is 11.4 Å². The molecule has 0 unspecified atom stereocenters. The Morgan fingerprint density at radius 2 is 1.74 bits per heavy atom. The van der Waals surface area contributed by atoms with Crippen molar-refractivity contribution in [1.29, 1.82) is 0 Å². The largest absolute Gasteiger partial charge is 0.482 e. The maximum atomic E-state index is 12.0. The molecule has 120 valence electrons. The van der Waals surface area contributed by atoms with Gasteiger partial charge in [0, 0.05) is 11.3 Å². The molecular formula is C18H20N2O3. The van der Waals surface area contributed by atoms with E-state index >= 15 is 0 Å². The Balaban J connectivity index is 1.98. The molecule has 0 aliphatic heterocycles. The van der Waals surface area contributed by atoms with Gasteiger partial charge in [-0.3, -0.25) is 9.59 Å². The lowest BCUT2D eigenvalue weighted by atomic mass is 10.1. The summed E-state index contributed by atoms with van der Waals surface area (Å²) in [5, 5.41) is 2.78. The lowest BCUT2D eigenvalue weighted by molar-refractivity contribution is -0.118. The Hall–Kier alpha value is -2.82. The summed E-state index contributed by atoms with van der Waals surface area (Å²) in [6.07, 6.45) is 0. The van der Waals surface area contributed by atoms with E-state index < -0.39 is 0 Å². The van der Waals surface area contributed by atoms with Crippen LogP contribution < -0.4 is 15.8 Å². The maximum Gasteiger partial charge on any atom is 0.262 e. The molecule has 2 aromatic rings. The second-order valence-electron chi connectivity index (χ2n) is 5.52. The number of carbonyl (C=O) groups excluding carboxylic acids is 2. The van der Waals surface area contributed by atoms with Crippen molar-refractivity contribution >= 4 is 23.1 Å². The third-order valence-corrected chi connectivity index (χ3v) is 3.28.